The standard InChI is InChI=1S/C17H17FO/c1-12-5-3-4-6-14(12)10-17(19)11-15-7-8-16(18)9-13(15)2/h3-9H,10-11H2,1-2H3. The molecular formula is C17H17FO. The minimum atomic E-state index is -0.257. The third-order valence-corrected chi connectivity index (χ3v) is 3.34. The minimum Gasteiger partial charge on any atom is -0.299 e. The number of hydrogen-bond acceptors (Lipinski definition) is 1. The lowest BCUT2D eigenvalue weighted by Crippen LogP contribution is -2.08. The molecule has 2 rings (SSSR count). The second-order valence-electron chi connectivity index (χ2n) is 4.89. The highest BCUT2D eigenvalue weighted by molar-refractivity contribution is 5.83. The van der Waals surface area contributed by atoms with Gasteiger partial charge in [-0.3, -0.25) is 4.79 Å². The summed E-state index contributed by atoms with van der Waals surface area (Å²) in [6.45, 7) is 3.84. The van der Waals surface area contributed by atoms with E-state index in [4.69, 9.17) is 0 Å². The molecule has 0 radical (unpaired) electrons. The average molecular weight is 256 g/mol. The van der Waals surface area contributed by atoms with E-state index >= 15 is 0 Å². The van der Waals surface area contributed by atoms with Gasteiger partial charge in [0.2, 0.25) is 0 Å². The predicted octanol–water partition coefficient (Wildman–Crippen LogP) is 3.80. The summed E-state index contributed by atoms with van der Waals surface area (Å²) in [4.78, 5) is 12.1. The van der Waals surface area contributed by atoms with E-state index in [1.807, 2.05) is 38.1 Å². The van der Waals surface area contributed by atoms with Crippen LogP contribution in [0.25, 0.3) is 0 Å². The first-order chi connectivity index (χ1) is 9.06. The van der Waals surface area contributed by atoms with Gasteiger partial charge in [-0.1, -0.05) is 30.3 Å². The highest BCUT2D eigenvalue weighted by atomic mass is 19.1. The number of Topliss-reactive ketones (excluding diaryl/α,β-unsaturated/α-hetero) is 1. The molecule has 0 fully saturated rings. The van der Waals surface area contributed by atoms with Crippen molar-refractivity contribution >= 4 is 5.78 Å². The molecule has 0 heterocycles. The number of hydrogen-bond donors (Lipinski definition) is 0. The molecule has 19 heavy (non-hydrogen) atoms. The van der Waals surface area contributed by atoms with Gasteiger partial charge in [0.1, 0.15) is 11.6 Å². The molecule has 0 bridgehead atoms. The lowest BCUT2D eigenvalue weighted by molar-refractivity contribution is -0.117. The molecule has 98 valence electrons. The molecule has 0 aliphatic rings. The van der Waals surface area contributed by atoms with Crippen LogP contribution in [0.2, 0.25) is 0 Å². The van der Waals surface area contributed by atoms with Crippen molar-refractivity contribution in [1.82, 2.24) is 0 Å². The van der Waals surface area contributed by atoms with Crippen molar-refractivity contribution in [2.24, 2.45) is 0 Å². The van der Waals surface area contributed by atoms with Crippen LogP contribution in [0.4, 0.5) is 4.39 Å². The Morgan fingerprint density at radius 3 is 2.21 bits per heavy atom. The summed E-state index contributed by atoms with van der Waals surface area (Å²) in [6.07, 6.45) is 0.796. The van der Waals surface area contributed by atoms with Gasteiger partial charge in [0.15, 0.2) is 0 Å². The molecule has 0 aromatic heterocycles. The summed E-state index contributed by atoms with van der Waals surface area (Å²) in [5.41, 5.74) is 3.93. The Balaban J connectivity index is 2.08. The van der Waals surface area contributed by atoms with Gasteiger partial charge >= 0.3 is 0 Å². The van der Waals surface area contributed by atoms with Gasteiger partial charge in [0.25, 0.3) is 0 Å². The smallest absolute Gasteiger partial charge is 0.141 e. The van der Waals surface area contributed by atoms with Crippen molar-refractivity contribution in [1.29, 1.82) is 0 Å². The normalized spacial score (nSPS) is 10.5. The van der Waals surface area contributed by atoms with Crippen LogP contribution in [0.3, 0.4) is 0 Å². The molecule has 0 saturated heterocycles. The Morgan fingerprint density at radius 2 is 1.58 bits per heavy atom. The quantitative estimate of drug-likeness (QED) is 0.813. The van der Waals surface area contributed by atoms with Crippen LogP contribution in [0, 0.1) is 19.7 Å². The summed E-state index contributed by atoms with van der Waals surface area (Å²) in [6, 6.07) is 12.5. The average Bonchev–Trinajstić information content (AvgIpc) is 2.36. The van der Waals surface area contributed by atoms with Gasteiger partial charge in [0, 0.05) is 12.8 Å². The van der Waals surface area contributed by atoms with Crippen molar-refractivity contribution in [3.05, 3.63) is 70.5 Å². The van der Waals surface area contributed by atoms with Crippen molar-refractivity contribution in [3.8, 4) is 0 Å². The van der Waals surface area contributed by atoms with Gasteiger partial charge in [-0.05, 0) is 48.2 Å². The topological polar surface area (TPSA) is 17.1 Å². The molecule has 0 atom stereocenters. The molecule has 2 heteroatoms. The molecule has 0 N–H and O–H groups in total. The van der Waals surface area contributed by atoms with Gasteiger partial charge in [-0.2, -0.15) is 0 Å². The number of carbonyl (C=O) groups is 1. The zero-order valence-electron chi connectivity index (χ0n) is 11.2. The Bertz CT molecular complexity index is 602. The van der Waals surface area contributed by atoms with E-state index < -0.39 is 0 Å². The van der Waals surface area contributed by atoms with Crippen molar-refractivity contribution in [3.63, 3.8) is 0 Å². The monoisotopic (exact) mass is 256 g/mol. The summed E-state index contributed by atoms with van der Waals surface area (Å²) in [5, 5.41) is 0. The maximum absolute atomic E-state index is 13.0. The van der Waals surface area contributed by atoms with Gasteiger partial charge in [-0.25, -0.2) is 4.39 Å². The minimum absolute atomic E-state index is 0.156. The lowest BCUT2D eigenvalue weighted by atomic mass is 9.97. The number of rotatable bonds is 4. The highest BCUT2D eigenvalue weighted by Crippen LogP contribution is 2.14. The van der Waals surface area contributed by atoms with Crippen LogP contribution < -0.4 is 0 Å². The van der Waals surface area contributed by atoms with Crippen molar-refractivity contribution < 1.29 is 9.18 Å². The number of ketones is 1. The first-order valence-corrected chi connectivity index (χ1v) is 6.37. The molecular weight excluding hydrogens is 239 g/mol. The van der Waals surface area contributed by atoms with Crippen molar-refractivity contribution in [2.75, 3.05) is 0 Å². The lowest BCUT2D eigenvalue weighted by Gasteiger charge is -2.07. The summed E-state index contributed by atoms with van der Waals surface area (Å²) in [7, 11) is 0. The van der Waals surface area contributed by atoms with E-state index in [0.29, 0.717) is 12.8 Å². The van der Waals surface area contributed by atoms with E-state index in [0.717, 1.165) is 22.3 Å². The summed E-state index contributed by atoms with van der Waals surface area (Å²) < 4.78 is 13.0. The van der Waals surface area contributed by atoms with Crippen LogP contribution in [0.15, 0.2) is 42.5 Å². The largest absolute Gasteiger partial charge is 0.299 e. The Hall–Kier alpha value is -1.96. The number of aryl methyl sites for hydroxylation is 2. The predicted molar refractivity (Wildman–Crippen MR) is 74.7 cm³/mol. The Kier molecular flexibility index (Phi) is 4.10. The second kappa shape index (κ2) is 5.79. The molecule has 0 saturated carbocycles. The van der Waals surface area contributed by atoms with Gasteiger partial charge in [-0.15, -0.1) is 0 Å². The molecule has 1 nitrogen and oxygen atoms in total. The summed E-state index contributed by atoms with van der Waals surface area (Å²) >= 11 is 0. The zero-order chi connectivity index (χ0) is 13.8. The first-order valence-electron chi connectivity index (χ1n) is 6.37. The summed E-state index contributed by atoms with van der Waals surface area (Å²) in [5.74, 6) is -0.100. The third-order valence-electron chi connectivity index (χ3n) is 3.34. The van der Waals surface area contributed by atoms with Crippen LogP contribution in [0.1, 0.15) is 22.3 Å². The van der Waals surface area contributed by atoms with E-state index in [-0.39, 0.29) is 11.6 Å². The first kappa shape index (κ1) is 13.5. The molecule has 0 amide bonds. The van der Waals surface area contributed by atoms with Crippen LogP contribution >= 0.6 is 0 Å². The van der Waals surface area contributed by atoms with E-state index in [1.54, 1.807) is 6.07 Å². The van der Waals surface area contributed by atoms with E-state index in [2.05, 4.69) is 0 Å². The maximum atomic E-state index is 13.0. The Labute approximate surface area is 113 Å². The van der Waals surface area contributed by atoms with E-state index in [1.165, 1.54) is 12.1 Å². The fourth-order valence-corrected chi connectivity index (χ4v) is 2.15. The molecule has 0 aliphatic heterocycles. The second-order valence-corrected chi connectivity index (χ2v) is 4.89. The van der Waals surface area contributed by atoms with Crippen LogP contribution in [-0.2, 0) is 17.6 Å². The Morgan fingerprint density at radius 1 is 0.947 bits per heavy atom. The molecule has 0 spiro atoms. The fraction of sp³-hybridized carbons (Fsp3) is 0.235. The van der Waals surface area contributed by atoms with Crippen molar-refractivity contribution in [2.45, 2.75) is 26.7 Å². The molecule has 2 aromatic carbocycles. The third kappa shape index (κ3) is 3.50. The molecule has 0 unspecified atom stereocenters. The number of carbonyl (C=O) groups excluding carboxylic acids is 1. The van der Waals surface area contributed by atoms with E-state index in [9.17, 15) is 9.18 Å². The number of benzene rings is 2. The highest BCUT2D eigenvalue weighted by Gasteiger charge is 2.09. The van der Waals surface area contributed by atoms with Crippen LogP contribution in [0.5, 0.6) is 0 Å². The van der Waals surface area contributed by atoms with Crippen LogP contribution in [-0.4, -0.2) is 5.78 Å². The van der Waals surface area contributed by atoms with Gasteiger partial charge in [0.05, 0.1) is 0 Å². The maximum Gasteiger partial charge on any atom is 0.141 e. The SMILES string of the molecule is Cc1ccccc1CC(=O)Cc1ccc(F)cc1C. The molecule has 2 aromatic rings. The molecule has 0 aliphatic carbocycles. The zero-order valence-corrected chi connectivity index (χ0v) is 11.2. The van der Waals surface area contributed by atoms with Gasteiger partial charge < -0.3 is 0 Å². The fourth-order valence-electron chi connectivity index (χ4n) is 2.15. The number of halogens is 1.